The van der Waals surface area contributed by atoms with Crippen molar-refractivity contribution in [2.45, 2.75) is 31.2 Å². The van der Waals surface area contributed by atoms with Crippen LogP contribution in [0.15, 0.2) is 29.2 Å². The second-order valence-electron chi connectivity index (χ2n) is 4.50. The molecule has 1 aromatic carbocycles. The largest absolute Gasteiger partial charge is 0.481 e. The highest BCUT2D eigenvalue weighted by Gasteiger charge is 2.25. The molecule has 0 saturated heterocycles. The van der Waals surface area contributed by atoms with Gasteiger partial charge in [0.1, 0.15) is 4.90 Å². The van der Waals surface area contributed by atoms with E-state index in [0.29, 0.717) is 0 Å². The molecule has 1 atom stereocenters. The van der Waals surface area contributed by atoms with Crippen molar-refractivity contribution in [3.05, 3.63) is 29.3 Å². The number of sulfonamides is 1. The van der Waals surface area contributed by atoms with Gasteiger partial charge in [-0.25, -0.2) is 13.1 Å². The highest BCUT2D eigenvalue weighted by atomic mass is 35.5. The van der Waals surface area contributed by atoms with Crippen LogP contribution in [0.5, 0.6) is 0 Å². The molecule has 19 heavy (non-hydrogen) atoms. The Morgan fingerprint density at radius 3 is 2.42 bits per heavy atom. The van der Waals surface area contributed by atoms with Gasteiger partial charge in [0.25, 0.3) is 0 Å². The minimum Gasteiger partial charge on any atom is -0.481 e. The summed E-state index contributed by atoms with van der Waals surface area (Å²) < 4.78 is 26.7. The predicted octanol–water partition coefficient (Wildman–Crippen LogP) is 2.12. The van der Waals surface area contributed by atoms with E-state index < -0.39 is 22.0 Å². The standard InChI is InChI=1S/C12H16ClNO4S/c1-8(2)10(7-12(15)16)14-19(17,18)11-6-4-3-5-9(11)13/h3-6,8,10,14H,7H2,1-2H3,(H,15,16). The maximum absolute atomic E-state index is 12.2. The highest BCUT2D eigenvalue weighted by molar-refractivity contribution is 7.89. The third-order valence-corrected chi connectivity index (χ3v) is 4.62. The SMILES string of the molecule is CC(C)C(CC(=O)O)NS(=O)(=O)c1ccccc1Cl. The lowest BCUT2D eigenvalue weighted by Gasteiger charge is -2.20. The molecule has 2 N–H and O–H groups in total. The number of hydrogen-bond donors (Lipinski definition) is 2. The number of hydrogen-bond acceptors (Lipinski definition) is 3. The van der Waals surface area contributed by atoms with Crippen molar-refractivity contribution in [2.24, 2.45) is 5.92 Å². The van der Waals surface area contributed by atoms with E-state index >= 15 is 0 Å². The van der Waals surface area contributed by atoms with Gasteiger partial charge in [-0.3, -0.25) is 4.79 Å². The van der Waals surface area contributed by atoms with Crippen molar-refractivity contribution in [2.75, 3.05) is 0 Å². The summed E-state index contributed by atoms with van der Waals surface area (Å²) in [5.74, 6) is -1.20. The van der Waals surface area contributed by atoms with Crippen molar-refractivity contribution in [3.8, 4) is 0 Å². The molecule has 0 heterocycles. The number of rotatable bonds is 6. The molecular formula is C12H16ClNO4S. The van der Waals surface area contributed by atoms with Gasteiger partial charge in [0.05, 0.1) is 11.4 Å². The van der Waals surface area contributed by atoms with E-state index in [0.717, 1.165) is 0 Å². The second-order valence-corrected chi connectivity index (χ2v) is 6.59. The predicted molar refractivity (Wildman–Crippen MR) is 72.7 cm³/mol. The van der Waals surface area contributed by atoms with Crippen LogP contribution in [0, 0.1) is 5.92 Å². The van der Waals surface area contributed by atoms with Gasteiger partial charge < -0.3 is 5.11 Å². The van der Waals surface area contributed by atoms with E-state index in [4.69, 9.17) is 16.7 Å². The Hall–Kier alpha value is -1.11. The van der Waals surface area contributed by atoms with Gasteiger partial charge in [0, 0.05) is 6.04 Å². The summed E-state index contributed by atoms with van der Waals surface area (Å²) in [6.45, 7) is 3.51. The Labute approximate surface area is 117 Å². The van der Waals surface area contributed by atoms with Crippen molar-refractivity contribution in [1.29, 1.82) is 0 Å². The molecule has 0 aliphatic rings. The summed E-state index contributed by atoms with van der Waals surface area (Å²) in [5, 5.41) is 8.90. The minimum atomic E-state index is -3.83. The summed E-state index contributed by atoms with van der Waals surface area (Å²) in [6, 6.07) is 5.35. The van der Waals surface area contributed by atoms with Gasteiger partial charge in [-0.15, -0.1) is 0 Å². The van der Waals surface area contributed by atoms with E-state index in [-0.39, 0.29) is 22.3 Å². The van der Waals surface area contributed by atoms with Gasteiger partial charge in [-0.2, -0.15) is 0 Å². The molecular weight excluding hydrogens is 290 g/mol. The highest BCUT2D eigenvalue weighted by Crippen LogP contribution is 2.21. The molecule has 1 rings (SSSR count). The molecule has 0 saturated carbocycles. The van der Waals surface area contributed by atoms with Crippen LogP contribution >= 0.6 is 11.6 Å². The zero-order valence-corrected chi connectivity index (χ0v) is 12.2. The van der Waals surface area contributed by atoms with Gasteiger partial charge >= 0.3 is 5.97 Å². The normalized spacial score (nSPS) is 13.5. The summed E-state index contributed by atoms with van der Waals surface area (Å²) in [7, 11) is -3.83. The minimum absolute atomic E-state index is 0.0484. The summed E-state index contributed by atoms with van der Waals surface area (Å²) in [4.78, 5) is 10.7. The molecule has 1 unspecified atom stereocenters. The molecule has 0 bridgehead atoms. The monoisotopic (exact) mass is 305 g/mol. The quantitative estimate of drug-likeness (QED) is 0.843. The van der Waals surface area contributed by atoms with Crippen LogP contribution < -0.4 is 4.72 Å². The van der Waals surface area contributed by atoms with Gasteiger partial charge in [-0.05, 0) is 18.1 Å². The number of carbonyl (C=O) groups is 1. The van der Waals surface area contributed by atoms with E-state index in [9.17, 15) is 13.2 Å². The van der Waals surface area contributed by atoms with E-state index in [1.54, 1.807) is 26.0 Å². The fourth-order valence-corrected chi connectivity index (χ4v) is 3.43. The topological polar surface area (TPSA) is 83.5 Å². The van der Waals surface area contributed by atoms with Gasteiger partial charge in [0.15, 0.2) is 0 Å². The number of aliphatic carboxylic acids is 1. The second kappa shape index (κ2) is 6.36. The molecule has 0 aliphatic heterocycles. The first-order chi connectivity index (χ1) is 8.74. The smallest absolute Gasteiger partial charge is 0.304 e. The van der Waals surface area contributed by atoms with E-state index in [2.05, 4.69) is 4.72 Å². The Bertz CT molecular complexity index is 557. The molecule has 5 nitrogen and oxygen atoms in total. The average molecular weight is 306 g/mol. The maximum Gasteiger partial charge on any atom is 0.304 e. The van der Waals surface area contributed by atoms with Crippen LogP contribution in [0.3, 0.4) is 0 Å². The lowest BCUT2D eigenvalue weighted by molar-refractivity contribution is -0.137. The molecule has 1 aromatic rings. The van der Waals surface area contributed by atoms with Crippen molar-refractivity contribution in [3.63, 3.8) is 0 Å². The van der Waals surface area contributed by atoms with Crippen LogP contribution in [0.1, 0.15) is 20.3 Å². The van der Waals surface area contributed by atoms with Crippen LogP contribution in [-0.2, 0) is 14.8 Å². The fraction of sp³-hybridized carbons (Fsp3) is 0.417. The Balaban J connectivity index is 3.01. The number of carboxylic acid groups (broad SMARTS) is 1. The third kappa shape index (κ3) is 4.49. The molecule has 0 aromatic heterocycles. The Morgan fingerprint density at radius 2 is 1.95 bits per heavy atom. The van der Waals surface area contributed by atoms with Crippen LogP contribution in [-0.4, -0.2) is 25.5 Å². The number of halogens is 1. The molecule has 0 aliphatic carbocycles. The van der Waals surface area contributed by atoms with E-state index in [1.165, 1.54) is 12.1 Å². The summed E-state index contributed by atoms with van der Waals surface area (Å²) in [6.07, 6.45) is -0.276. The first kappa shape index (κ1) is 15.9. The Kier molecular flexibility index (Phi) is 5.34. The number of nitrogens with one attached hydrogen (secondary N) is 1. The van der Waals surface area contributed by atoms with Crippen LogP contribution in [0.2, 0.25) is 5.02 Å². The lowest BCUT2D eigenvalue weighted by Crippen LogP contribution is -2.40. The molecule has 0 amide bonds. The lowest BCUT2D eigenvalue weighted by atomic mass is 10.0. The van der Waals surface area contributed by atoms with E-state index in [1.807, 2.05) is 0 Å². The van der Waals surface area contributed by atoms with Gasteiger partial charge in [-0.1, -0.05) is 37.6 Å². The average Bonchev–Trinajstić information content (AvgIpc) is 2.27. The van der Waals surface area contributed by atoms with Crippen LogP contribution in [0.4, 0.5) is 0 Å². The summed E-state index contributed by atoms with van der Waals surface area (Å²) in [5.41, 5.74) is 0. The van der Waals surface area contributed by atoms with Crippen molar-refractivity contribution < 1.29 is 18.3 Å². The zero-order valence-electron chi connectivity index (χ0n) is 10.6. The number of carboxylic acids is 1. The first-order valence-corrected chi connectivity index (χ1v) is 7.59. The Morgan fingerprint density at radius 1 is 1.37 bits per heavy atom. The maximum atomic E-state index is 12.2. The van der Waals surface area contributed by atoms with Crippen molar-refractivity contribution in [1.82, 2.24) is 4.72 Å². The van der Waals surface area contributed by atoms with Gasteiger partial charge in [0.2, 0.25) is 10.0 Å². The summed E-state index contributed by atoms with van der Waals surface area (Å²) >= 11 is 5.84. The number of benzene rings is 1. The molecule has 0 radical (unpaired) electrons. The first-order valence-electron chi connectivity index (χ1n) is 5.72. The molecule has 7 heteroatoms. The van der Waals surface area contributed by atoms with Crippen molar-refractivity contribution >= 4 is 27.6 Å². The third-order valence-electron chi connectivity index (χ3n) is 2.63. The zero-order chi connectivity index (χ0) is 14.6. The van der Waals surface area contributed by atoms with Crippen LogP contribution in [0.25, 0.3) is 0 Å². The molecule has 106 valence electrons. The fourth-order valence-electron chi connectivity index (χ4n) is 1.53. The molecule has 0 spiro atoms. The molecule has 0 fully saturated rings.